The van der Waals surface area contributed by atoms with Gasteiger partial charge in [0.25, 0.3) is 5.91 Å². The highest BCUT2D eigenvalue weighted by molar-refractivity contribution is 5.97. The van der Waals surface area contributed by atoms with Gasteiger partial charge in [0, 0.05) is 24.8 Å². The van der Waals surface area contributed by atoms with Gasteiger partial charge in [-0.05, 0) is 55.7 Å². The van der Waals surface area contributed by atoms with Crippen LogP contribution < -0.4 is 15.0 Å². The van der Waals surface area contributed by atoms with Crippen LogP contribution in [-0.4, -0.2) is 32.1 Å². The second-order valence-corrected chi connectivity index (χ2v) is 6.39. The number of nitrogens with one attached hydrogen (secondary N) is 1. The number of amides is 1. The van der Waals surface area contributed by atoms with Gasteiger partial charge in [0.05, 0.1) is 12.7 Å². The zero-order valence-electron chi connectivity index (χ0n) is 14.6. The Morgan fingerprint density at radius 3 is 2.84 bits per heavy atom. The molecule has 1 aliphatic heterocycles. The van der Waals surface area contributed by atoms with E-state index in [1.165, 1.54) is 6.07 Å². The highest BCUT2D eigenvalue weighted by Crippen LogP contribution is 2.25. The van der Waals surface area contributed by atoms with Crippen molar-refractivity contribution in [2.75, 3.05) is 25.1 Å². The lowest BCUT2D eigenvalue weighted by Gasteiger charge is -2.35. The molecule has 0 radical (unpaired) electrons. The van der Waals surface area contributed by atoms with Gasteiger partial charge in [-0.25, -0.2) is 4.39 Å². The third-order valence-electron chi connectivity index (χ3n) is 4.61. The van der Waals surface area contributed by atoms with E-state index in [2.05, 4.69) is 10.2 Å². The van der Waals surface area contributed by atoms with Gasteiger partial charge in [0.15, 0.2) is 0 Å². The van der Waals surface area contributed by atoms with Crippen LogP contribution in [0.2, 0.25) is 0 Å². The first-order chi connectivity index (χ1) is 12.1. The van der Waals surface area contributed by atoms with Gasteiger partial charge < -0.3 is 15.0 Å². The third-order valence-corrected chi connectivity index (χ3v) is 4.61. The molecule has 3 rings (SSSR count). The van der Waals surface area contributed by atoms with Gasteiger partial charge in [0.1, 0.15) is 11.6 Å². The monoisotopic (exact) mass is 342 g/mol. The molecule has 1 fully saturated rings. The Kier molecular flexibility index (Phi) is 5.22. The van der Waals surface area contributed by atoms with E-state index in [1.54, 1.807) is 25.3 Å². The van der Waals surface area contributed by atoms with Crippen molar-refractivity contribution in [2.24, 2.45) is 0 Å². The van der Waals surface area contributed by atoms with Crippen molar-refractivity contribution in [1.82, 2.24) is 5.32 Å². The molecule has 1 heterocycles. The van der Waals surface area contributed by atoms with E-state index in [0.29, 0.717) is 17.9 Å². The topological polar surface area (TPSA) is 41.6 Å². The first-order valence-electron chi connectivity index (χ1n) is 8.53. The van der Waals surface area contributed by atoms with Crippen molar-refractivity contribution >= 4 is 11.6 Å². The van der Waals surface area contributed by atoms with Gasteiger partial charge >= 0.3 is 0 Å². The van der Waals surface area contributed by atoms with E-state index >= 15 is 0 Å². The van der Waals surface area contributed by atoms with Gasteiger partial charge in [-0.3, -0.25) is 4.79 Å². The SMILES string of the molecule is COc1ccccc1C(=O)NC1CCCN(c2ccc(F)cc2C)C1. The lowest BCUT2D eigenvalue weighted by atomic mass is 10.0. The van der Waals surface area contributed by atoms with Gasteiger partial charge in [-0.2, -0.15) is 0 Å². The molecule has 5 heteroatoms. The summed E-state index contributed by atoms with van der Waals surface area (Å²) in [4.78, 5) is 14.8. The molecular weight excluding hydrogens is 319 g/mol. The van der Waals surface area contributed by atoms with E-state index in [4.69, 9.17) is 4.74 Å². The summed E-state index contributed by atoms with van der Waals surface area (Å²) in [5.41, 5.74) is 2.48. The predicted octanol–water partition coefficient (Wildman–Crippen LogP) is 3.54. The number of anilines is 1. The number of carbonyl (C=O) groups is 1. The lowest BCUT2D eigenvalue weighted by Crippen LogP contribution is -2.48. The van der Waals surface area contributed by atoms with Crippen molar-refractivity contribution in [3.8, 4) is 5.75 Å². The molecule has 1 unspecified atom stereocenters. The van der Waals surface area contributed by atoms with Crippen molar-refractivity contribution < 1.29 is 13.9 Å². The molecule has 0 spiro atoms. The standard InChI is InChI=1S/C20H23FN2O2/c1-14-12-15(21)9-10-18(14)23-11-5-6-16(13-23)22-20(24)17-7-3-4-8-19(17)25-2/h3-4,7-10,12,16H,5-6,11,13H2,1-2H3,(H,22,24). The van der Waals surface area contributed by atoms with Crippen LogP contribution in [0.3, 0.4) is 0 Å². The van der Waals surface area contributed by atoms with E-state index in [1.807, 2.05) is 25.1 Å². The second-order valence-electron chi connectivity index (χ2n) is 6.39. The van der Waals surface area contributed by atoms with Crippen molar-refractivity contribution in [3.05, 3.63) is 59.4 Å². The average molecular weight is 342 g/mol. The van der Waals surface area contributed by atoms with Crippen molar-refractivity contribution in [1.29, 1.82) is 0 Å². The number of piperidine rings is 1. The number of aryl methyl sites for hydroxylation is 1. The lowest BCUT2D eigenvalue weighted by molar-refractivity contribution is 0.0930. The number of carbonyl (C=O) groups excluding carboxylic acids is 1. The van der Waals surface area contributed by atoms with Crippen LogP contribution in [0.5, 0.6) is 5.75 Å². The summed E-state index contributed by atoms with van der Waals surface area (Å²) >= 11 is 0. The molecule has 132 valence electrons. The minimum Gasteiger partial charge on any atom is -0.496 e. The highest BCUT2D eigenvalue weighted by atomic mass is 19.1. The minimum atomic E-state index is -0.223. The van der Waals surface area contributed by atoms with E-state index < -0.39 is 0 Å². The van der Waals surface area contributed by atoms with Gasteiger partial charge in [-0.15, -0.1) is 0 Å². The summed E-state index contributed by atoms with van der Waals surface area (Å²) in [6, 6.07) is 12.1. The van der Waals surface area contributed by atoms with Crippen LogP contribution in [-0.2, 0) is 0 Å². The summed E-state index contributed by atoms with van der Waals surface area (Å²) in [6.07, 6.45) is 1.91. The number of nitrogens with zero attached hydrogens (tertiary/aromatic N) is 1. The number of ether oxygens (including phenoxy) is 1. The summed E-state index contributed by atoms with van der Waals surface area (Å²) in [5.74, 6) is 0.224. The van der Waals surface area contributed by atoms with Crippen LogP contribution in [0.4, 0.5) is 10.1 Å². The fraction of sp³-hybridized carbons (Fsp3) is 0.350. The molecule has 25 heavy (non-hydrogen) atoms. The fourth-order valence-corrected chi connectivity index (χ4v) is 3.38. The maximum Gasteiger partial charge on any atom is 0.255 e. The van der Waals surface area contributed by atoms with Crippen LogP contribution in [0.25, 0.3) is 0 Å². The first kappa shape index (κ1) is 17.3. The Balaban J connectivity index is 1.70. The number of para-hydroxylation sites is 1. The summed E-state index contributed by atoms with van der Waals surface area (Å²) in [6.45, 7) is 3.54. The molecule has 1 aliphatic rings. The first-order valence-corrected chi connectivity index (χ1v) is 8.53. The Bertz CT molecular complexity index is 763. The predicted molar refractivity (Wildman–Crippen MR) is 96.8 cm³/mol. The zero-order valence-corrected chi connectivity index (χ0v) is 14.6. The number of hydrogen-bond acceptors (Lipinski definition) is 3. The largest absolute Gasteiger partial charge is 0.496 e. The van der Waals surface area contributed by atoms with Crippen molar-refractivity contribution in [2.45, 2.75) is 25.8 Å². The second kappa shape index (κ2) is 7.55. The molecule has 2 aromatic carbocycles. The van der Waals surface area contributed by atoms with E-state index in [-0.39, 0.29) is 17.8 Å². The molecule has 0 aliphatic carbocycles. The summed E-state index contributed by atoms with van der Waals surface area (Å²) in [5, 5.41) is 3.11. The minimum absolute atomic E-state index is 0.0515. The molecule has 1 amide bonds. The zero-order chi connectivity index (χ0) is 17.8. The molecule has 0 aromatic heterocycles. The molecular formula is C20H23FN2O2. The molecule has 2 aromatic rings. The quantitative estimate of drug-likeness (QED) is 0.924. The maximum atomic E-state index is 13.3. The number of halogens is 1. The number of hydrogen-bond donors (Lipinski definition) is 1. The Morgan fingerprint density at radius 2 is 2.08 bits per heavy atom. The molecule has 0 saturated carbocycles. The molecule has 1 atom stereocenters. The van der Waals surface area contributed by atoms with Gasteiger partial charge in [0.2, 0.25) is 0 Å². The molecule has 0 bridgehead atoms. The fourth-order valence-electron chi connectivity index (χ4n) is 3.38. The van der Waals surface area contributed by atoms with Crippen LogP contribution >= 0.6 is 0 Å². The van der Waals surface area contributed by atoms with Gasteiger partial charge in [-0.1, -0.05) is 12.1 Å². The summed E-state index contributed by atoms with van der Waals surface area (Å²) in [7, 11) is 1.56. The normalized spacial score (nSPS) is 17.2. The molecule has 1 saturated heterocycles. The number of rotatable bonds is 4. The Labute approximate surface area is 147 Å². The maximum absolute atomic E-state index is 13.3. The third kappa shape index (κ3) is 3.92. The van der Waals surface area contributed by atoms with Crippen LogP contribution in [0.1, 0.15) is 28.8 Å². The Morgan fingerprint density at radius 1 is 1.28 bits per heavy atom. The number of methoxy groups -OCH3 is 1. The average Bonchev–Trinajstić information content (AvgIpc) is 2.62. The Hall–Kier alpha value is -2.56. The summed E-state index contributed by atoms with van der Waals surface area (Å²) < 4.78 is 18.6. The molecule has 1 N–H and O–H groups in total. The smallest absolute Gasteiger partial charge is 0.255 e. The number of benzene rings is 2. The van der Waals surface area contributed by atoms with E-state index in [0.717, 1.165) is 30.6 Å². The molecule has 4 nitrogen and oxygen atoms in total. The van der Waals surface area contributed by atoms with Crippen LogP contribution in [0, 0.1) is 12.7 Å². The van der Waals surface area contributed by atoms with Crippen molar-refractivity contribution in [3.63, 3.8) is 0 Å². The van der Waals surface area contributed by atoms with Crippen LogP contribution in [0.15, 0.2) is 42.5 Å². The highest BCUT2D eigenvalue weighted by Gasteiger charge is 2.24. The van der Waals surface area contributed by atoms with E-state index in [9.17, 15) is 9.18 Å².